The molecule has 0 fully saturated rings. The second-order valence-electron chi connectivity index (χ2n) is 1.98. The molecular formula is C7H9MgNO3. The van der Waals surface area contributed by atoms with Crippen LogP contribution in [0, 0.1) is 10.1 Å². The van der Waals surface area contributed by atoms with Crippen molar-refractivity contribution in [3.63, 3.8) is 0 Å². The molecule has 0 saturated carbocycles. The number of benzene rings is 1. The lowest BCUT2D eigenvalue weighted by molar-refractivity contribution is -0.763. The molecule has 0 radical (unpaired) electrons. The highest BCUT2D eigenvalue weighted by Crippen LogP contribution is 1.99. The molecular weight excluding hydrogens is 170 g/mol. The Hall–Kier alpha value is -0.814. The summed E-state index contributed by atoms with van der Waals surface area (Å²) in [5.41, 5.74) is 0.796. The summed E-state index contributed by atoms with van der Waals surface area (Å²) in [6, 6.07) is 8.99. The zero-order valence-electron chi connectivity index (χ0n) is 5.77. The van der Waals surface area contributed by atoms with Crippen LogP contribution in [-0.2, 0) is 11.4 Å². The van der Waals surface area contributed by atoms with Gasteiger partial charge in [0.25, 0.3) is 5.09 Å². The van der Waals surface area contributed by atoms with E-state index in [4.69, 9.17) is 0 Å². The second kappa shape index (κ2) is 5.79. The van der Waals surface area contributed by atoms with E-state index in [9.17, 15) is 10.1 Å². The minimum atomic E-state index is -0.799. The Balaban J connectivity index is 0.00000121. The van der Waals surface area contributed by atoms with Crippen LogP contribution in [0.5, 0.6) is 0 Å². The summed E-state index contributed by atoms with van der Waals surface area (Å²) in [7, 11) is 0. The molecule has 0 atom stereocenters. The van der Waals surface area contributed by atoms with Crippen LogP contribution >= 0.6 is 0 Å². The normalized spacial score (nSPS) is 8.33. The van der Waals surface area contributed by atoms with Gasteiger partial charge in [0.05, 0.1) is 0 Å². The molecule has 0 unspecified atom stereocenters. The van der Waals surface area contributed by atoms with Gasteiger partial charge in [-0.1, -0.05) is 30.3 Å². The summed E-state index contributed by atoms with van der Waals surface area (Å²) in [4.78, 5) is 13.9. The smallest absolute Gasteiger partial charge is 0.309 e. The van der Waals surface area contributed by atoms with Gasteiger partial charge in [0.2, 0.25) is 0 Å². The molecule has 0 bridgehead atoms. The minimum Gasteiger partial charge on any atom is -0.309 e. The van der Waals surface area contributed by atoms with Crippen LogP contribution in [0.3, 0.4) is 0 Å². The summed E-state index contributed by atoms with van der Waals surface area (Å²) in [6.45, 7) is 0.0217. The second-order valence-corrected chi connectivity index (χ2v) is 1.98. The van der Waals surface area contributed by atoms with Crippen molar-refractivity contribution in [3.8, 4) is 0 Å². The van der Waals surface area contributed by atoms with Gasteiger partial charge in [-0.3, -0.25) is 0 Å². The zero-order chi connectivity index (χ0) is 8.10. The predicted molar refractivity (Wildman–Crippen MR) is 46.8 cm³/mol. The van der Waals surface area contributed by atoms with Crippen LogP contribution in [0.2, 0.25) is 0 Å². The molecule has 0 aliphatic carbocycles. The Bertz CT molecular complexity index is 240. The van der Waals surface area contributed by atoms with E-state index in [-0.39, 0.29) is 29.7 Å². The van der Waals surface area contributed by atoms with Gasteiger partial charge in [0, 0.05) is 0 Å². The van der Waals surface area contributed by atoms with Crippen LogP contribution in [0.15, 0.2) is 30.3 Å². The molecule has 1 aromatic carbocycles. The summed E-state index contributed by atoms with van der Waals surface area (Å²) in [5, 5.41) is 8.96. The van der Waals surface area contributed by atoms with E-state index < -0.39 is 5.09 Å². The molecule has 0 heterocycles. The highest BCUT2D eigenvalue weighted by Gasteiger charge is 1.94. The standard InChI is InChI=1S/C7H7NO3.Mg.2H/c9-8(10)11-6-7-4-2-1-3-5-7;;;/h1-5H,6H2;;;. The van der Waals surface area contributed by atoms with E-state index in [0.29, 0.717) is 0 Å². The third-order valence-electron chi connectivity index (χ3n) is 1.18. The maximum absolute atomic E-state index is 9.76. The van der Waals surface area contributed by atoms with Crippen molar-refractivity contribution in [2.24, 2.45) is 0 Å². The predicted octanol–water partition coefficient (Wildman–Crippen LogP) is 0.479. The largest absolute Gasteiger partial charge is 0.316 e. The van der Waals surface area contributed by atoms with Crippen LogP contribution in [0.4, 0.5) is 0 Å². The Morgan fingerprint density at radius 2 is 1.92 bits per heavy atom. The SMILES string of the molecule is O=[N+]([O-])OCc1ccccc1.[MgH2]. The monoisotopic (exact) mass is 179 g/mol. The third kappa shape index (κ3) is 4.15. The van der Waals surface area contributed by atoms with E-state index in [2.05, 4.69) is 4.84 Å². The van der Waals surface area contributed by atoms with Gasteiger partial charge in [-0.2, -0.15) is 0 Å². The molecule has 0 amide bonds. The fourth-order valence-corrected chi connectivity index (χ4v) is 0.701. The van der Waals surface area contributed by atoms with Gasteiger partial charge in [-0.25, -0.2) is 0 Å². The van der Waals surface area contributed by atoms with E-state index in [0.717, 1.165) is 5.56 Å². The van der Waals surface area contributed by atoms with Crippen LogP contribution in [-0.4, -0.2) is 28.1 Å². The number of hydrogen-bond acceptors (Lipinski definition) is 3. The molecule has 1 aromatic rings. The van der Waals surface area contributed by atoms with Crippen LogP contribution in [0.1, 0.15) is 5.56 Å². The van der Waals surface area contributed by atoms with E-state index >= 15 is 0 Å². The maximum atomic E-state index is 9.76. The molecule has 5 heteroatoms. The Labute approximate surface area is 85.8 Å². The average Bonchev–Trinajstić information content (AvgIpc) is 2.03. The Morgan fingerprint density at radius 3 is 2.42 bits per heavy atom. The van der Waals surface area contributed by atoms with E-state index in [1.807, 2.05) is 6.07 Å². The number of rotatable bonds is 3. The number of hydrogen-bond donors (Lipinski definition) is 0. The van der Waals surface area contributed by atoms with E-state index in [1.165, 1.54) is 0 Å². The summed E-state index contributed by atoms with van der Waals surface area (Å²) >= 11 is 0. The molecule has 0 N–H and O–H groups in total. The Morgan fingerprint density at radius 1 is 1.33 bits per heavy atom. The minimum absolute atomic E-state index is 0. The highest BCUT2D eigenvalue weighted by molar-refractivity contribution is 5.75. The first-order valence-corrected chi connectivity index (χ1v) is 3.10. The lowest BCUT2D eigenvalue weighted by Gasteiger charge is -1.96. The van der Waals surface area contributed by atoms with Crippen molar-refractivity contribution in [1.82, 2.24) is 0 Å². The fraction of sp³-hybridized carbons (Fsp3) is 0.143. The van der Waals surface area contributed by atoms with Crippen molar-refractivity contribution < 1.29 is 9.92 Å². The lowest BCUT2D eigenvalue weighted by Crippen LogP contribution is -1.99. The first-order valence-electron chi connectivity index (χ1n) is 3.10. The highest BCUT2D eigenvalue weighted by atomic mass is 24.3. The van der Waals surface area contributed by atoms with E-state index in [1.54, 1.807) is 24.3 Å². The third-order valence-corrected chi connectivity index (χ3v) is 1.18. The molecule has 1 rings (SSSR count). The molecule has 0 spiro atoms. The van der Waals surface area contributed by atoms with Crippen molar-refractivity contribution in [3.05, 3.63) is 46.0 Å². The van der Waals surface area contributed by atoms with Gasteiger partial charge in [0.1, 0.15) is 6.61 Å². The van der Waals surface area contributed by atoms with Gasteiger partial charge in [-0.05, 0) is 5.56 Å². The first-order chi connectivity index (χ1) is 5.29. The zero-order valence-corrected chi connectivity index (χ0v) is 5.77. The summed E-state index contributed by atoms with van der Waals surface area (Å²) < 4.78 is 0. The molecule has 0 aliphatic heterocycles. The average molecular weight is 179 g/mol. The molecule has 0 saturated heterocycles. The van der Waals surface area contributed by atoms with Gasteiger partial charge < -0.3 is 4.84 Å². The summed E-state index contributed by atoms with van der Waals surface area (Å²) in [5.74, 6) is 0. The van der Waals surface area contributed by atoms with Gasteiger partial charge in [0.15, 0.2) is 0 Å². The topological polar surface area (TPSA) is 52.4 Å². The molecule has 62 valence electrons. The number of nitrogens with zero attached hydrogens (tertiary/aromatic N) is 1. The molecule has 0 aromatic heterocycles. The Kier molecular flexibility index (Phi) is 5.40. The van der Waals surface area contributed by atoms with Crippen LogP contribution < -0.4 is 0 Å². The summed E-state index contributed by atoms with van der Waals surface area (Å²) in [6.07, 6.45) is 0. The molecule has 0 aliphatic rings. The van der Waals surface area contributed by atoms with Gasteiger partial charge >= 0.3 is 23.1 Å². The van der Waals surface area contributed by atoms with Crippen molar-refractivity contribution >= 4 is 23.1 Å². The quantitative estimate of drug-likeness (QED) is 0.385. The van der Waals surface area contributed by atoms with Crippen molar-refractivity contribution in [2.75, 3.05) is 0 Å². The van der Waals surface area contributed by atoms with Crippen molar-refractivity contribution in [2.45, 2.75) is 6.61 Å². The maximum Gasteiger partial charge on any atom is 0.316 e. The van der Waals surface area contributed by atoms with Crippen LogP contribution in [0.25, 0.3) is 0 Å². The first kappa shape index (κ1) is 11.2. The molecule has 4 nitrogen and oxygen atoms in total. The van der Waals surface area contributed by atoms with Gasteiger partial charge in [-0.15, -0.1) is 10.1 Å². The lowest BCUT2D eigenvalue weighted by atomic mass is 10.2. The van der Waals surface area contributed by atoms with Crippen molar-refractivity contribution in [1.29, 1.82) is 0 Å². The fourth-order valence-electron chi connectivity index (χ4n) is 0.701. The molecule has 12 heavy (non-hydrogen) atoms.